The highest BCUT2D eigenvalue weighted by Crippen LogP contribution is 2.47. The Balaban J connectivity index is 1.81. The highest BCUT2D eigenvalue weighted by atomic mass is 16.1. The van der Waals surface area contributed by atoms with Crippen LogP contribution in [0.25, 0.3) is 0 Å². The predicted octanol–water partition coefficient (Wildman–Crippen LogP) is 3.88. The molecule has 28 heavy (non-hydrogen) atoms. The first-order chi connectivity index (χ1) is 13.6. The third-order valence-electron chi connectivity index (χ3n) is 7.20. The molecule has 2 aromatic carbocycles. The lowest BCUT2D eigenvalue weighted by atomic mass is 9.57. The Kier molecular flexibility index (Phi) is 5.39. The molecule has 2 saturated heterocycles. The minimum Gasteiger partial charge on any atom is -0.306 e. The van der Waals surface area contributed by atoms with Crippen LogP contribution in [0.1, 0.15) is 36.8 Å². The summed E-state index contributed by atoms with van der Waals surface area (Å²) in [6.07, 6.45) is 3.65. The van der Waals surface area contributed by atoms with E-state index in [1.807, 2.05) is 0 Å². The van der Waals surface area contributed by atoms with Crippen molar-refractivity contribution in [1.82, 2.24) is 9.80 Å². The molecule has 0 spiro atoms. The summed E-state index contributed by atoms with van der Waals surface area (Å²) < 4.78 is 0. The first kappa shape index (κ1) is 19.4. The van der Waals surface area contributed by atoms with Crippen LogP contribution in [0.15, 0.2) is 60.7 Å². The number of rotatable bonds is 4. The van der Waals surface area contributed by atoms with Gasteiger partial charge in [0.15, 0.2) is 5.78 Å². The van der Waals surface area contributed by atoms with Crippen molar-refractivity contribution in [1.29, 1.82) is 0 Å². The lowest BCUT2D eigenvalue weighted by molar-refractivity contribution is -0.134. The van der Waals surface area contributed by atoms with Crippen LogP contribution in [-0.2, 0) is 15.6 Å². The largest absolute Gasteiger partial charge is 0.306 e. The molecule has 3 heteroatoms. The molecule has 2 aromatic rings. The van der Waals surface area contributed by atoms with Gasteiger partial charge in [0.05, 0.1) is 10.8 Å². The second-order valence-electron chi connectivity index (χ2n) is 8.83. The van der Waals surface area contributed by atoms with Crippen LogP contribution < -0.4 is 0 Å². The standard InChI is InChI=1S/C25H32N2O/c1-26-17-13-24(14-18-26,21-9-5-3-6-10-21)23(28)25(15-19-27(2)20-16-25)22-11-7-4-8-12-22/h3-12H,13-20H2,1-2H3. The van der Waals surface area contributed by atoms with Gasteiger partial charge < -0.3 is 9.80 Å². The fourth-order valence-electron chi connectivity index (χ4n) is 5.27. The molecule has 3 nitrogen and oxygen atoms in total. The zero-order valence-electron chi connectivity index (χ0n) is 17.2. The Morgan fingerprint density at radius 2 is 0.964 bits per heavy atom. The minimum atomic E-state index is -0.375. The summed E-state index contributed by atoms with van der Waals surface area (Å²) in [5.74, 6) is 0.457. The van der Waals surface area contributed by atoms with Gasteiger partial charge in [-0.25, -0.2) is 0 Å². The van der Waals surface area contributed by atoms with E-state index in [-0.39, 0.29) is 10.8 Å². The van der Waals surface area contributed by atoms with Crippen LogP contribution in [0.2, 0.25) is 0 Å². The SMILES string of the molecule is CN1CCC(C(=O)C2(c3ccccc3)CCN(C)CC2)(c2ccccc2)CC1. The van der Waals surface area contributed by atoms with Gasteiger partial charge in [0.25, 0.3) is 0 Å². The van der Waals surface area contributed by atoms with Crippen molar-refractivity contribution in [2.75, 3.05) is 40.3 Å². The van der Waals surface area contributed by atoms with E-state index < -0.39 is 0 Å². The average Bonchev–Trinajstić information content (AvgIpc) is 2.76. The van der Waals surface area contributed by atoms with Crippen molar-refractivity contribution in [2.24, 2.45) is 0 Å². The number of hydrogen-bond donors (Lipinski definition) is 0. The van der Waals surface area contributed by atoms with E-state index in [1.165, 1.54) is 11.1 Å². The van der Waals surface area contributed by atoms with Crippen molar-refractivity contribution in [3.8, 4) is 0 Å². The van der Waals surface area contributed by atoms with E-state index in [0.717, 1.165) is 51.9 Å². The molecule has 0 N–H and O–H groups in total. The van der Waals surface area contributed by atoms with E-state index in [9.17, 15) is 4.79 Å². The van der Waals surface area contributed by atoms with E-state index in [4.69, 9.17) is 0 Å². The monoisotopic (exact) mass is 376 g/mol. The van der Waals surface area contributed by atoms with E-state index in [0.29, 0.717) is 5.78 Å². The average molecular weight is 377 g/mol. The zero-order chi connectivity index (χ0) is 19.6. The Morgan fingerprint density at radius 3 is 1.29 bits per heavy atom. The van der Waals surface area contributed by atoms with Gasteiger partial charge >= 0.3 is 0 Å². The summed E-state index contributed by atoms with van der Waals surface area (Å²) in [6, 6.07) is 21.2. The Hall–Kier alpha value is -1.97. The normalized spacial score (nSPS) is 22.6. The summed E-state index contributed by atoms with van der Waals surface area (Å²) in [5.41, 5.74) is 1.67. The third kappa shape index (κ3) is 3.31. The van der Waals surface area contributed by atoms with E-state index in [1.54, 1.807) is 0 Å². The van der Waals surface area contributed by atoms with E-state index >= 15 is 0 Å². The lowest BCUT2D eigenvalue weighted by Gasteiger charge is -2.48. The van der Waals surface area contributed by atoms with Gasteiger partial charge in [0.2, 0.25) is 0 Å². The molecule has 2 heterocycles. The highest BCUT2D eigenvalue weighted by molar-refractivity contribution is 5.99. The second kappa shape index (κ2) is 7.81. The highest BCUT2D eigenvalue weighted by Gasteiger charge is 2.53. The van der Waals surface area contributed by atoms with Crippen molar-refractivity contribution < 1.29 is 4.79 Å². The number of nitrogens with zero attached hydrogens (tertiary/aromatic N) is 2. The van der Waals surface area contributed by atoms with Gasteiger partial charge in [-0.3, -0.25) is 4.79 Å². The maximum absolute atomic E-state index is 14.6. The fourth-order valence-corrected chi connectivity index (χ4v) is 5.27. The molecule has 4 rings (SSSR count). The molecule has 0 bridgehead atoms. The molecule has 0 atom stereocenters. The second-order valence-corrected chi connectivity index (χ2v) is 8.83. The topological polar surface area (TPSA) is 23.6 Å². The quantitative estimate of drug-likeness (QED) is 0.809. The Bertz CT molecular complexity index is 718. The first-order valence-electron chi connectivity index (χ1n) is 10.6. The molecule has 0 aromatic heterocycles. The number of carbonyl (C=O) groups is 1. The molecule has 0 aliphatic carbocycles. The number of piperidine rings is 2. The predicted molar refractivity (Wildman–Crippen MR) is 115 cm³/mol. The van der Waals surface area contributed by atoms with Crippen LogP contribution in [0, 0.1) is 0 Å². The van der Waals surface area contributed by atoms with Crippen LogP contribution in [0.3, 0.4) is 0 Å². The molecule has 2 fully saturated rings. The van der Waals surface area contributed by atoms with Crippen LogP contribution in [0.4, 0.5) is 0 Å². The molecule has 2 aliphatic rings. The maximum atomic E-state index is 14.6. The molecule has 0 saturated carbocycles. The number of Topliss-reactive ketones (excluding diaryl/α,β-unsaturated/α-hetero) is 1. The lowest BCUT2D eigenvalue weighted by Crippen LogP contribution is -2.56. The number of ketones is 1. The van der Waals surface area contributed by atoms with Gasteiger partial charge in [-0.05, 0) is 77.1 Å². The van der Waals surface area contributed by atoms with Gasteiger partial charge in [0.1, 0.15) is 0 Å². The molecule has 0 unspecified atom stereocenters. The van der Waals surface area contributed by atoms with Gasteiger partial charge in [0, 0.05) is 0 Å². The molecular weight excluding hydrogens is 344 g/mol. The summed E-state index contributed by atoms with van der Waals surface area (Å²) in [4.78, 5) is 19.3. The molecule has 0 radical (unpaired) electrons. The van der Waals surface area contributed by atoms with Crippen molar-refractivity contribution in [3.05, 3.63) is 71.8 Å². The van der Waals surface area contributed by atoms with Crippen molar-refractivity contribution >= 4 is 5.78 Å². The smallest absolute Gasteiger partial charge is 0.154 e. The first-order valence-corrected chi connectivity index (χ1v) is 10.6. The molecular formula is C25H32N2O. The fraction of sp³-hybridized carbons (Fsp3) is 0.480. The maximum Gasteiger partial charge on any atom is 0.154 e. The summed E-state index contributed by atoms with van der Waals surface area (Å²) in [7, 11) is 4.34. The van der Waals surface area contributed by atoms with Gasteiger partial charge in [-0.2, -0.15) is 0 Å². The van der Waals surface area contributed by atoms with Crippen molar-refractivity contribution in [2.45, 2.75) is 36.5 Å². The zero-order valence-corrected chi connectivity index (χ0v) is 17.2. The van der Waals surface area contributed by atoms with E-state index in [2.05, 4.69) is 84.6 Å². The van der Waals surface area contributed by atoms with Gasteiger partial charge in [-0.1, -0.05) is 60.7 Å². The Labute approximate surface area is 169 Å². The minimum absolute atomic E-state index is 0.375. The van der Waals surface area contributed by atoms with Crippen molar-refractivity contribution in [3.63, 3.8) is 0 Å². The summed E-state index contributed by atoms with van der Waals surface area (Å²) in [6.45, 7) is 3.91. The number of likely N-dealkylation sites (tertiary alicyclic amines) is 2. The Morgan fingerprint density at radius 1 is 0.643 bits per heavy atom. The van der Waals surface area contributed by atoms with Crippen LogP contribution in [-0.4, -0.2) is 55.9 Å². The summed E-state index contributed by atoms with van der Waals surface area (Å²) in [5, 5.41) is 0. The molecule has 2 aliphatic heterocycles. The van der Waals surface area contributed by atoms with Crippen LogP contribution in [0.5, 0.6) is 0 Å². The molecule has 0 amide bonds. The summed E-state index contributed by atoms with van der Waals surface area (Å²) >= 11 is 0. The third-order valence-corrected chi connectivity index (χ3v) is 7.20. The number of hydrogen-bond acceptors (Lipinski definition) is 3. The number of benzene rings is 2. The number of carbonyl (C=O) groups excluding carboxylic acids is 1. The van der Waals surface area contributed by atoms with Gasteiger partial charge in [-0.15, -0.1) is 0 Å². The molecule has 148 valence electrons. The van der Waals surface area contributed by atoms with Crippen LogP contribution >= 0.6 is 0 Å².